The van der Waals surface area contributed by atoms with Crippen LogP contribution in [0.3, 0.4) is 0 Å². The molecule has 0 saturated carbocycles. The number of ether oxygens (including phenoxy) is 3. The van der Waals surface area contributed by atoms with Gasteiger partial charge in [-0.3, -0.25) is 0 Å². The van der Waals surface area contributed by atoms with Crippen molar-refractivity contribution in [2.45, 2.75) is 32.5 Å². The molecule has 0 radical (unpaired) electrons. The molecule has 0 aromatic heterocycles. The minimum Gasteiger partial charge on any atom is -0.490 e. The van der Waals surface area contributed by atoms with Gasteiger partial charge in [0.1, 0.15) is 11.6 Å². The fourth-order valence-corrected chi connectivity index (χ4v) is 3.10. The second kappa shape index (κ2) is 9.55. The van der Waals surface area contributed by atoms with Crippen molar-refractivity contribution in [3.63, 3.8) is 0 Å². The highest BCUT2D eigenvalue weighted by Crippen LogP contribution is 2.29. The lowest BCUT2D eigenvalue weighted by molar-refractivity contribution is 0.114. The van der Waals surface area contributed by atoms with Gasteiger partial charge in [0.15, 0.2) is 11.5 Å². The second-order valence-corrected chi connectivity index (χ2v) is 6.62. The summed E-state index contributed by atoms with van der Waals surface area (Å²) in [6.07, 6.45) is 2.47. The molecule has 1 aliphatic heterocycles. The summed E-state index contributed by atoms with van der Waals surface area (Å²) >= 11 is 5.52. The topological polar surface area (TPSA) is 39.7 Å². The van der Waals surface area contributed by atoms with Crippen LogP contribution in [0.15, 0.2) is 48.5 Å². The number of nitrogens with one attached hydrogen (secondary N) is 1. The predicted molar refractivity (Wildman–Crippen MR) is 107 cm³/mol. The van der Waals surface area contributed by atoms with Crippen LogP contribution >= 0.6 is 12.2 Å². The largest absolute Gasteiger partial charge is 0.490 e. The molecule has 1 atom stereocenters. The molecule has 0 spiro atoms. The number of rotatable bonds is 8. The molecule has 2 aromatic rings. The third-order valence-electron chi connectivity index (χ3n) is 4.26. The molecule has 4 nitrogen and oxygen atoms in total. The zero-order chi connectivity index (χ0) is 18.2. The quantitative estimate of drug-likeness (QED) is 0.707. The summed E-state index contributed by atoms with van der Waals surface area (Å²) in [5.74, 6) is 1.43. The highest BCUT2D eigenvalue weighted by atomic mass is 32.1. The number of hydrogen-bond donors (Lipinski definition) is 1. The molecule has 0 unspecified atom stereocenters. The Labute approximate surface area is 160 Å². The second-order valence-electron chi connectivity index (χ2n) is 6.21. The van der Waals surface area contributed by atoms with E-state index in [-0.39, 0.29) is 6.10 Å². The molecule has 1 aliphatic rings. The van der Waals surface area contributed by atoms with E-state index in [1.165, 1.54) is 0 Å². The third-order valence-corrected chi connectivity index (χ3v) is 4.64. The monoisotopic (exact) mass is 371 g/mol. The summed E-state index contributed by atoms with van der Waals surface area (Å²) < 4.78 is 17.3. The van der Waals surface area contributed by atoms with Gasteiger partial charge in [0.05, 0.1) is 12.7 Å². The Morgan fingerprint density at radius 1 is 1.15 bits per heavy atom. The molecule has 1 fully saturated rings. The van der Waals surface area contributed by atoms with E-state index < -0.39 is 0 Å². The highest BCUT2D eigenvalue weighted by molar-refractivity contribution is 7.80. The van der Waals surface area contributed by atoms with E-state index in [2.05, 4.69) is 5.32 Å². The molecular formula is C21H25NO3S. The van der Waals surface area contributed by atoms with Crippen molar-refractivity contribution in [3.05, 3.63) is 59.7 Å². The van der Waals surface area contributed by atoms with Crippen molar-refractivity contribution in [2.24, 2.45) is 0 Å². The summed E-state index contributed by atoms with van der Waals surface area (Å²) in [6, 6.07) is 15.9. The Bertz CT molecular complexity index is 714. The Balaban J connectivity index is 1.64. The van der Waals surface area contributed by atoms with Gasteiger partial charge in [-0.1, -0.05) is 42.5 Å². The van der Waals surface area contributed by atoms with Crippen LogP contribution < -0.4 is 14.8 Å². The van der Waals surface area contributed by atoms with E-state index in [1.807, 2.05) is 55.5 Å². The maximum absolute atomic E-state index is 5.94. The van der Waals surface area contributed by atoms with E-state index in [9.17, 15) is 0 Å². The molecular weight excluding hydrogens is 346 g/mol. The highest BCUT2D eigenvalue weighted by Gasteiger charge is 2.16. The van der Waals surface area contributed by atoms with Gasteiger partial charge in [-0.05, 0) is 43.5 Å². The smallest absolute Gasteiger partial charge is 0.161 e. The first-order valence-electron chi connectivity index (χ1n) is 9.09. The van der Waals surface area contributed by atoms with Crippen molar-refractivity contribution in [3.8, 4) is 11.5 Å². The van der Waals surface area contributed by atoms with Gasteiger partial charge in [0.25, 0.3) is 0 Å². The van der Waals surface area contributed by atoms with Gasteiger partial charge in [-0.15, -0.1) is 0 Å². The molecule has 1 heterocycles. The molecule has 0 amide bonds. The minimum atomic E-state index is 0.257. The van der Waals surface area contributed by atoms with E-state index >= 15 is 0 Å². The lowest BCUT2D eigenvalue weighted by Gasteiger charge is -2.16. The van der Waals surface area contributed by atoms with Gasteiger partial charge < -0.3 is 19.5 Å². The SMILES string of the molecule is CCOc1cc(C(=S)NC[C@H]2CCCO2)ccc1OCc1ccccc1. The van der Waals surface area contributed by atoms with E-state index in [0.717, 1.165) is 42.9 Å². The predicted octanol–water partition coefficient (Wildman–Crippen LogP) is 4.11. The van der Waals surface area contributed by atoms with Gasteiger partial charge in [0.2, 0.25) is 0 Å². The standard InChI is InChI=1S/C21H25NO3S/c1-2-23-20-13-17(21(26)22-14-18-9-6-12-24-18)10-11-19(20)25-15-16-7-4-3-5-8-16/h3-5,7-8,10-11,13,18H,2,6,9,12,14-15H2,1H3,(H,22,26)/t18-/m1/s1. The first kappa shape index (κ1) is 18.7. The van der Waals surface area contributed by atoms with Crippen LogP contribution in [0.4, 0.5) is 0 Å². The Kier molecular flexibility index (Phi) is 6.86. The van der Waals surface area contributed by atoms with Crippen LogP contribution in [-0.4, -0.2) is 30.9 Å². The molecule has 0 bridgehead atoms. The first-order valence-corrected chi connectivity index (χ1v) is 9.50. The van der Waals surface area contributed by atoms with E-state index in [0.29, 0.717) is 24.0 Å². The van der Waals surface area contributed by atoms with Crippen molar-refractivity contribution in [2.75, 3.05) is 19.8 Å². The molecule has 5 heteroatoms. The summed E-state index contributed by atoms with van der Waals surface area (Å²) in [5.41, 5.74) is 2.04. The molecule has 138 valence electrons. The molecule has 2 aromatic carbocycles. The van der Waals surface area contributed by atoms with E-state index in [1.54, 1.807) is 0 Å². The van der Waals surface area contributed by atoms with Gasteiger partial charge in [0, 0.05) is 18.7 Å². The number of hydrogen-bond acceptors (Lipinski definition) is 4. The zero-order valence-corrected chi connectivity index (χ0v) is 15.9. The molecule has 3 rings (SSSR count). The van der Waals surface area contributed by atoms with Crippen LogP contribution in [0.25, 0.3) is 0 Å². The van der Waals surface area contributed by atoms with Crippen molar-refractivity contribution < 1.29 is 14.2 Å². The molecule has 26 heavy (non-hydrogen) atoms. The summed E-state index contributed by atoms with van der Waals surface area (Å²) in [7, 11) is 0. The minimum absolute atomic E-state index is 0.257. The molecule has 0 aliphatic carbocycles. The fourth-order valence-electron chi connectivity index (χ4n) is 2.89. The van der Waals surface area contributed by atoms with Crippen LogP contribution in [-0.2, 0) is 11.3 Å². The summed E-state index contributed by atoms with van der Waals surface area (Å²) in [5, 5.41) is 3.30. The average Bonchev–Trinajstić information content (AvgIpc) is 3.20. The molecule has 1 N–H and O–H groups in total. The maximum Gasteiger partial charge on any atom is 0.161 e. The fraction of sp³-hybridized carbons (Fsp3) is 0.381. The Morgan fingerprint density at radius 3 is 2.73 bits per heavy atom. The van der Waals surface area contributed by atoms with Crippen molar-refractivity contribution >= 4 is 17.2 Å². The Morgan fingerprint density at radius 2 is 2.00 bits per heavy atom. The number of benzene rings is 2. The summed E-state index contributed by atoms with van der Waals surface area (Å²) in [6.45, 7) is 4.63. The zero-order valence-electron chi connectivity index (χ0n) is 15.1. The van der Waals surface area contributed by atoms with Crippen molar-refractivity contribution in [1.29, 1.82) is 0 Å². The van der Waals surface area contributed by atoms with Crippen LogP contribution in [0.1, 0.15) is 30.9 Å². The maximum atomic E-state index is 5.94. The van der Waals surface area contributed by atoms with Crippen LogP contribution in [0, 0.1) is 0 Å². The molecule has 1 saturated heterocycles. The number of thiocarbonyl (C=S) groups is 1. The lowest BCUT2D eigenvalue weighted by Crippen LogP contribution is -2.31. The lowest BCUT2D eigenvalue weighted by atomic mass is 10.2. The Hall–Kier alpha value is -2.11. The normalized spacial score (nSPS) is 16.3. The average molecular weight is 372 g/mol. The van der Waals surface area contributed by atoms with E-state index in [4.69, 9.17) is 26.4 Å². The van der Waals surface area contributed by atoms with Crippen LogP contribution in [0.2, 0.25) is 0 Å². The first-order chi connectivity index (χ1) is 12.8. The van der Waals surface area contributed by atoms with Gasteiger partial charge in [-0.2, -0.15) is 0 Å². The summed E-state index contributed by atoms with van der Waals surface area (Å²) in [4.78, 5) is 0.705. The van der Waals surface area contributed by atoms with Gasteiger partial charge in [-0.25, -0.2) is 0 Å². The van der Waals surface area contributed by atoms with Gasteiger partial charge >= 0.3 is 0 Å². The van der Waals surface area contributed by atoms with Crippen LogP contribution in [0.5, 0.6) is 11.5 Å². The third kappa shape index (κ3) is 5.19. The van der Waals surface area contributed by atoms with Crippen molar-refractivity contribution in [1.82, 2.24) is 5.32 Å².